The molecule has 1 aliphatic carbocycles. The zero-order valence-corrected chi connectivity index (χ0v) is 20.1. The van der Waals surface area contributed by atoms with Gasteiger partial charge in [0.15, 0.2) is 11.1 Å². The van der Waals surface area contributed by atoms with Crippen LogP contribution in [-0.2, 0) is 6.54 Å². The molecule has 6 rings (SSSR count). The van der Waals surface area contributed by atoms with Gasteiger partial charge in [-0.25, -0.2) is 14.2 Å². The first kappa shape index (κ1) is 23.0. The molecule has 0 unspecified atom stereocenters. The Hall–Kier alpha value is -4.44. The van der Waals surface area contributed by atoms with Crippen molar-refractivity contribution in [3.8, 4) is 17.0 Å². The van der Waals surface area contributed by atoms with Gasteiger partial charge in [-0.3, -0.25) is 9.98 Å². The fourth-order valence-electron chi connectivity index (χ4n) is 4.12. The molecule has 0 spiro atoms. The Labute approximate surface area is 214 Å². The molecule has 186 valence electrons. The molecule has 1 saturated carbocycles. The second kappa shape index (κ2) is 9.21. The quantitative estimate of drug-likeness (QED) is 0.275. The highest BCUT2D eigenvalue weighted by molar-refractivity contribution is 6.33. The number of aromatic hydroxyl groups is 1. The summed E-state index contributed by atoms with van der Waals surface area (Å²) in [7, 11) is 0. The van der Waals surface area contributed by atoms with Crippen LogP contribution in [-0.4, -0.2) is 35.7 Å². The third-order valence-corrected chi connectivity index (χ3v) is 6.40. The van der Waals surface area contributed by atoms with E-state index >= 15 is 0 Å². The number of H-pyrrole nitrogens is 2. The van der Waals surface area contributed by atoms with Crippen LogP contribution < -0.4 is 21.7 Å². The molecule has 0 amide bonds. The molecule has 0 aliphatic heterocycles. The predicted molar refractivity (Wildman–Crippen MR) is 138 cm³/mol. The Balaban J connectivity index is 1.42. The number of aromatic amines is 2. The summed E-state index contributed by atoms with van der Waals surface area (Å²) >= 11 is 6.42. The molecular formula is C26H21ClFN7O2. The molecule has 3 heterocycles. The highest BCUT2D eigenvalue weighted by Gasteiger charge is 2.20. The molecule has 1 fully saturated rings. The van der Waals surface area contributed by atoms with Crippen LogP contribution in [0.25, 0.3) is 22.9 Å². The van der Waals surface area contributed by atoms with Gasteiger partial charge >= 0.3 is 5.69 Å². The van der Waals surface area contributed by atoms with Gasteiger partial charge in [-0.2, -0.15) is 9.61 Å². The molecule has 0 saturated heterocycles. The highest BCUT2D eigenvalue weighted by Crippen LogP contribution is 2.31. The lowest BCUT2D eigenvalue weighted by molar-refractivity contribution is 0.454. The van der Waals surface area contributed by atoms with E-state index < -0.39 is 5.69 Å². The summed E-state index contributed by atoms with van der Waals surface area (Å²) in [5, 5.41) is 18.8. The van der Waals surface area contributed by atoms with E-state index in [1.165, 1.54) is 12.1 Å². The number of nitrogens with zero attached hydrogens (tertiary/aromatic N) is 4. The molecule has 3 aromatic heterocycles. The molecule has 4 N–H and O–H groups in total. The van der Waals surface area contributed by atoms with Crippen LogP contribution in [0.3, 0.4) is 0 Å². The standard InChI is InChI=1S/C26H21ClFN7O2/c27-20-4-2-1-3-19(20)18-8-5-16(28)9-14(18)12-29-22-11-23(31-17-6-7-17)35-24(33-22)15(13-30-35)10-21-25(36)34-26(37)32-21/h1-5,8-11,13,17,29,36H,6-7,12H2,(H2,32,34,37). The first-order chi connectivity index (χ1) is 17.9. The molecule has 0 atom stereocenters. The first-order valence-corrected chi connectivity index (χ1v) is 12.1. The lowest BCUT2D eigenvalue weighted by atomic mass is 9.99. The van der Waals surface area contributed by atoms with Crippen LogP contribution in [0.1, 0.15) is 24.1 Å². The van der Waals surface area contributed by atoms with Crippen molar-refractivity contribution < 1.29 is 9.50 Å². The van der Waals surface area contributed by atoms with Gasteiger partial charge in [0.25, 0.3) is 0 Å². The number of hydrogen-bond donors (Lipinski definition) is 4. The maximum atomic E-state index is 14.2. The van der Waals surface area contributed by atoms with E-state index in [0.29, 0.717) is 32.8 Å². The molecule has 37 heavy (non-hydrogen) atoms. The minimum absolute atomic E-state index is 0.213. The molecule has 9 nitrogen and oxygen atoms in total. The number of anilines is 1. The summed E-state index contributed by atoms with van der Waals surface area (Å²) in [6.45, 7) is 0.281. The third kappa shape index (κ3) is 4.70. The maximum Gasteiger partial charge on any atom is 0.326 e. The molecule has 0 radical (unpaired) electrons. The highest BCUT2D eigenvalue weighted by atomic mass is 35.5. The monoisotopic (exact) mass is 517 g/mol. The van der Waals surface area contributed by atoms with Crippen molar-refractivity contribution in [2.24, 2.45) is 4.99 Å². The Morgan fingerprint density at radius 1 is 1.19 bits per heavy atom. The molecular weight excluding hydrogens is 497 g/mol. The molecule has 2 aromatic carbocycles. The van der Waals surface area contributed by atoms with Gasteiger partial charge in [0.1, 0.15) is 17.3 Å². The number of benzene rings is 2. The van der Waals surface area contributed by atoms with Crippen LogP contribution >= 0.6 is 11.6 Å². The summed E-state index contributed by atoms with van der Waals surface area (Å²) in [6.07, 6.45) is 5.19. The minimum atomic E-state index is -0.524. The molecule has 0 bridgehead atoms. The molecule has 1 aliphatic rings. The average Bonchev–Trinajstić information content (AvgIpc) is 3.51. The number of hydrogen-bond acceptors (Lipinski definition) is 6. The SMILES string of the molecule is O=c1[nH]c(O)c(C=c2cnn3c(=NC4CC4)cc(NCc4cc(F)ccc4-c4ccccc4Cl)nc23)[nH]1. The van der Waals surface area contributed by atoms with Crippen molar-refractivity contribution in [1.82, 2.24) is 24.6 Å². The molecule has 11 heteroatoms. The Kier molecular flexibility index (Phi) is 5.72. The van der Waals surface area contributed by atoms with Gasteiger partial charge in [0.2, 0.25) is 5.88 Å². The average molecular weight is 518 g/mol. The topological polar surface area (TPSA) is 123 Å². The van der Waals surface area contributed by atoms with Gasteiger partial charge in [0, 0.05) is 28.4 Å². The van der Waals surface area contributed by atoms with Crippen LogP contribution in [0.2, 0.25) is 5.02 Å². The van der Waals surface area contributed by atoms with E-state index in [0.717, 1.165) is 24.0 Å². The summed E-state index contributed by atoms with van der Waals surface area (Å²) < 4.78 is 15.8. The summed E-state index contributed by atoms with van der Waals surface area (Å²) in [4.78, 5) is 25.8. The number of fused-ring (bicyclic) bond motifs is 1. The van der Waals surface area contributed by atoms with E-state index in [1.54, 1.807) is 35.0 Å². The zero-order valence-electron chi connectivity index (χ0n) is 19.4. The summed E-state index contributed by atoms with van der Waals surface area (Å²) in [5.74, 6) is -0.114. The lowest BCUT2D eigenvalue weighted by Gasteiger charge is -2.13. The van der Waals surface area contributed by atoms with Crippen molar-refractivity contribution in [1.29, 1.82) is 0 Å². The van der Waals surface area contributed by atoms with Crippen molar-refractivity contribution in [2.75, 3.05) is 5.32 Å². The van der Waals surface area contributed by atoms with Crippen molar-refractivity contribution in [3.63, 3.8) is 0 Å². The summed E-state index contributed by atoms with van der Waals surface area (Å²) in [5.41, 5.74) is 3.12. The predicted octanol–water partition coefficient (Wildman–Crippen LogP) is 3.13. The van der Waals surface area contributed by atoms with E-state index in [9.17, 15) is 14.3 Å². The van der Waals surface area contributed by atoms with Crippen molar-refractivity contribution >= 4 is 29.1 Å². The van der Waals surface area contributed by atoms with E-state index in [4.69, 9.17) is 21.6 Å². The van der Waals surface area contributed by atoms with Gasteiger partial charge < -0.3 is 15.4 Å². The first-order valence-electron chi connectivity index (χ1n) is 11.7. The minimum Gasteiger partial charge on any atom is -0.493 e. The number of nitrogens with one attached hydrogen (secondary N) is 3. The third-order valence-electron chi connectivity index (χ3n) is 6.07. The molecule has 5 aromatic rings. The van der Waals surface area contributed by atoms with E-state index in [2.05, 4.69) is 20.4 Å². The fraction of sp³-hybridized carbons (Fsp3) is 0.154. The number of aromatic nitrogens is 5. The maximum absolute atomic E-state index is 14.2. The van der Waals surface area contributed by atoms with Crippen LogP contribution in [0.4, 0.5) is 10.2 Å². The van der Waals surface area contributed by atoms with Crippen LogP contribution in [0.5, 0.6) is 5.88 Å². The lowest BCUT2D eigenvalue weighted by Crippen LogP contribution is -2.20. The second-order valence-corrected chi connectivity index (χ2v) is 9.22. The van der Waals surface area contributed by atoms with E-state index in [1.807, 2.05) is 18.2 Å². The zero-order chi connectivity index (χ0) is 25.5. The van der Waals surface area contributed by atoms with Gasteiger partial charge in [0.05, 0.1) is 12.2 Å². The van der Waals surface area contributed by atoms with Crippen molar-refractivity contribution in [2.45, 2.75) is 25.4 Å². The Morgan fingerprint density at radius 2 is 2.03 bits per heavy atom. The fourth-order valence-corrected chi connectivity index (χ4v) is 4.36. The summed E-state index contributed by atoms with van der Waals surface area (Å²) in [6, 6.07) is 14.1. The van der Waals surface area contributed by atoms with Crippen molar-refractivity contribution in [3.05, 3.63) is 98.0 Å². The number of imidazole rings is 1. The van der Waals surface area contributed by atoms with Crippen LogP contribution in [0.15, 0.2) is 64.5 Å². The Bertz CT molecular complexity index is 1820. The van der Waals surface area contributed by atoms with Gasteiger partial charge in [-0.15, -0.1) is 0 Å². The van der Waals surface area contributed by atoms with Crippen LogP contribution in [0, 0.1) is 5.82 Å². The van der Waals surface area contributed by atoms with Gasteiger partial charge in [-0.1, -0.05) is 35.9 Å². The smallest absolute Gasteiger partial charge is 0.326 e. The largest absolute Gasteiger partial charge is 0.493 e. The second-order valence-electron chi connectivity index (χ2n) is 8.82. The number of halogens is 2. The van der Waals surface area contributed by atoms with E-state index in [-0.39, 0.29) is 30.0 Å². The Morgan fingerprint density at radius 3 is 2.78 bits per heavy atom. The van der Waals surface area contributed by atoms with Gasteiger partial charge in [-0.05, 0) is 48.2 Å². The number of rotatable bonds is 6. The normalized spacial score (nSPS) is 14.5.